The van der Waals surface area contributed by atoms with Gasteiger partial charge in [0.25, 0.3) is 0 Å². The molecule has 0 unspecified atom stereocenters. The number of allylic oxidation sites excluding steroid dienone is 1. The van der Waals surface area contributed by atoms with Crippen LogP contribution in [0.2, 0.25) is 0 Å². The number of fused-ring (bicyclic) bond motifs is 2. The van der Waals surface area contributed by atoms with Crippen molar-refractivity contribution in [2.24, 2.45) is 5.92 Å². The van der Waals surface area contributed by atoms with Crippen molar-refractivity contribution in [3.8, 4) is 0 Å². The standard InChI is InChI=1S/C27H25NO/c1-28-18-24(27(29)21-13-6-3-7-14-21)25(20-11-4-2-5-12-20)23-17-16-19-10-8-9-15-22(19)26(23)28/h2-15,24-25H,16-18H2,1H3/t24-,25+/m0/s1. The Kier molecular flexibility index (Phi) is 4.55. The molecule has 0 bridgehead atoms. The van der Waals surface area contributed by atoms with Crippen LogP contribution in [0.1, 0.15) is 39.4 Å². The van der Waals surface area contributed by atoms with Crippen LogP contribution in [0.25, 0.3) is 5.70 Å². The van der Waals surface area contributed by atoms with E-state index >= 15 is 0 Å². The Labute approximate surface area is 172 Å². The molecule has 144 valence electrons. The molecule has 1 aliphatic carbocycles. The molecule has 2 nitrogen and oxygen atoms in total. The largest absolute Gasteiger partial charge is 0.373 e. The van der Waals surface area contributed by atoms with Crippen LogP contribution in [-0.4, -0.2) is 24.3 Å². The third-order valence-corrected chi connectivity index (χ3v) is 6.42. The van der Waals surface area contributed by atoms with Gasteiger partial charge in [-0.1, -0.05) is 84.9 Å². The summed E-state index contributed by atoms with van der Waals surface area (Å²) < 4.78 is 0. The van der Waals surface area contributed by atoms with E-state index in [4.69, 9.17) is 0 Å². The molecule has 0 saturated carbocycles. The van der Waals surface area contributed by atoms with Crippen molar-refractivity contribution in [1.29, 1.82) is 0 Å². The maximum Gasteiger partial charge on any atom is 0.168 e. The van der Waals surface area contributed by atoms with Crippen molar-refractivity contribution in [3.63, 3.8) is 0 Å². The average Bonchev–Trinajstić information content (AvgIpc) is 2.79. The summed E-state index contributed by atoms with van der Waals surface area (Å²) in [5, 5.41) is 0. The van der Waals surface area contributed by atoms with Gasteiger partial charge < -0.3 is 4.90 Å². The first-order valence-corrected chi connectivity index (χ1v) is 10.4. The molecular weight excluding hydrogens is 354 g/mol. The minimum absolute atomic E-state index is 0.0752. The summed E-state index contributed by atoms with van der Waals surface area (Å²) in [4.78, 5) is 15.9. The van der Waals surface area contributed by atoms with Gasteiger partial charge in [0.2, 0.25) is 0 Å². The molecule has 0 saturated heterocycles. The van der Waals surface area contributed by atoms with Gasteiger partial charge >= 0.3 is 0 Å². The molecule has 0 amide bonds. The van der Waals surface area contributed by atoms with Gasteiger partial charge in [-0.25, -0.2) is 0 Å². The van der Waals surface area contributed by atoms with Crippen LogP contribution in [0.15, 0.2) is 90.5 Å². The second-order valence-electron chi connectivity index (χ2n) is 8.14. The van der Waals surface area contributed by atoms with E-state index < -0.39 is 0 Å². The Bertz CT molecular complexity index is 1070. The van der Waals surface area contributed by atoms with Gasteiger partial charge in [0, 0.05) is 36.3 Å². The first kappa shape index (κ1) is 17.9. The zero-order valence-corrected chi connectivity index (χ0v) is 16.7. The second-order valence-corrected chi connectivity index (χ2v) is 8.14. The van der Waals surface area contributed by atoms with E-state index in [0.717, 1.165) is 24.9 Å². The van der Waals surface area contributed by atoms with Crippen molar-refractivity contribution in [2.75, 3.05) is 13.6 Å². The third-order valence-electron chi connectivity index (χ3n) is 6.42. The first-order valence-electron chi connectivity index (χ1n) is 10.4. The van der Waals surface area contributed by atoms with Gasteiger partial charge in [0.15, 0.2) is 5.78 Å². The smallest absolute Gasteiger partial charge is 0.168 e. The fourth-order valence-electron chi connectivity index (χ4n) is 5.16. The third kappa shape index (κ3) is 3.09. The van der Waals surface area contributed by atoms with Crippen LogP contribution in [0, 0.1) is 5.92 Å². The number of carbonyl (C=O) groups excluding carboxylic acids is 1. The molecule has 2 heteroatoms. The summed E-state index contributed by atoms with van der Waals surface area (Å²) in [6.45, 7) is 0.737. The molecule has 29 heavy (non-hydrogen) atoms. The molecule has 3 aromatic rings. The van der Waals surface area contributed by atoms with E-state index in [0.29, 0.717) is 0 Å². The minimum atomic E-state index is -0.0752. The highest BCUT2D eigenvalue weighted by molar-refractivity contribution is 5.99. The number of carbonyl (C=O) groups is 1. The van der Waals surface area contributed by atoms with Gasteiger partial charge in [-0.2, -0.15) is 0 Å². The molecule has 2 aliphatic rings. The SMILES string of the molecule is CN1C[C@H](C(=O)c2ccccc2)[C@H](c2ccccc2)C2=C1c1ccccc1CC2. The highest BCUT2D eigenvalue weighted by Gasteiger charge is 2.41. The summed E-state index contributed by atoms with van der Waals surface area (Å²) in [6.07, 6.45) is 2.05. The topological polar surface area (TPSA) is 20.3 Å². The van der Waals surface area contributed by atoms with E-state index in [1.165, 1.54) is 28.0 Å². The van der Waals surface area contributed by atoms with E-state index in [-0.39, 0.29) is 17.6 Å². The maximum atomic E-state index is 13.6. The molecule has 0 N–H and O–H groups in total. The van der Waals surface area contributed by atoms with E-state index in [2.05, 4.69) is 66.5 Å². The minimum Gasteiger partial charge on any atom is -0.373 e. The number of hydrogen-bond acceptors (Lipinski definition) is 2. The van der Waals surface area contributed by atoms with Crippen LogP contribution in [0.3, 0.4) is 0 Å². The fourth-order valence-corrected chi connectivity index (χ4v) is 5.16. The Morgan fingerprint density at radius 1 is 0.828 bits per heavy atom. The Morgan fingerprint density at radius 3 is 2.24 bits per heavy atom. The number of nitrogens with zero attached hydrogens (tertiary/aromatic N) is 1. The van der Waals surface area contributed by atoms with Gasteiger partial charge in [0.1, 0.15) is 0 Å². The van der Waals surface area contributed by atoms with Crippen molar-refractivity contribution in [1.82, 2.24) is 4.90 Å². The molecule has 0 aromatic heterocycles. The zero-order chi connectivity index (χ0) is 19.8. The molecule has 1 heterocycles. The first-order chi connectivity index (χ1) is 14.2. The number of aryl methyl sites for hydroxylation is 1. The summed E-state index contributed by atoms with van der Waals surface area (Å²) >= 11 is 0. The van der Waals surface area contributed by atoms with Crippen LogP contribution in [0.5, 0.6) is 0 Å². The summed E-state index contributed by atoms with van der Waals surface area (Å²) in [7, 11) is 2.14. The lowest BCUT2D eigenvalue weighted by molar-refractivity contribution is 0.0879. The molecular formula is C27H25NO. The van der Waals surface area contributed by atoms with E-state index in [9.17, 15) is 4.79 Å². The van der Waals surface area contributed by atoms with Crippen molar-refractivity contribution in [3.05, 3.63) is 113 Å². The van der Waals surface area contributed by atoms with Crippen LogP contribution in [0.4, 0.5) is 0 Å². The van der Waals surface area contributed by atoms with Gasteiger partial charge in [0.05, 0.1) is 5.92 Å². The molecule has 3 aromatic carbocycles. The van der Waals surface area contributed by atoms with Crippen molar-refractivity contribution in [2.45, 2.75) is 18.8 Å². The predicted molar refractivity (Wildman–Crippen MR) is 118 cm³/mol. The molecule has 5 rings (SSSR count). The Balaban J connectivity index is 1.67. The summed E-state index contributed by atoms with van der Waals surface area (Å²) in [6, 6.07) is 29.1. The summed E-state index contributed by atoms with van der Waals surface area (Å²) in [5.74, 6) is 0.300. The number of rotatable bonds is 3. The summed E-state index contributed by atoms with van der Waals surface area (Å²) in [5.41, 5.74) is 7.56. The molecule has 0 fully saturated rings. The zero-order valence-electron chi connectivity index (χ0n) is 16.7. The Hall–Kier alpha value is -3.13. The fraction of sp³-hybridized carbons (Fsp3) is 0.222. The van der Waals surface area contributed by atoms with Gasteiger partial charge in [-0.15, -0.1) is 0 Å². The van der Waals surface area contributed by atoms with E-state index in [1.54, 1.807) is 0 Å². The number of Topliss-reactive ketones (excluding diaryl/α,β-unsaturated/α-hetero) is 1. The van der Waals surface area contributed by atoms with Crippen LogP contribution >= 0.6 is 0 Å². The highest BCUT2D eigenvalue weighted by atomic mass is 16.1. The second kappa shape index (κ2) is 7.36. The predicted octanol–water partition coefficient (Wildman–Crippen LogP) is 5.57. The normalized spacial score (nSPS) is 20.8. The van der Waals surface area contributed by atoms with Gasteiger partial charge in [-0.3, -0.25) is 4.79 Å². The molecule has 2 atom stereocenters. The molecule has 0 spiro atoms. The lowest BCUT2D eigenvalue weighted by Crippen LogP contribution is -2.41. The number of ketones is 1. The van der Waals surface area contributed by atoms with Crippen LogP contribution in [-0.2, 0) is 6.42 Å². The van der Waals surface area contributed by atoms with Crippen molar-refractivity contribution >= 4 is 11.5 Å². The lowest BCUT2D eigenvalue weighted by atomic mass is 9.69. The highest BCUT2D eigenvalue weighted by Crippen LogP contribution is 2.48. The maximum absolute atomic E-state index is 13.6. The average molecular weight is 380 g/mol. The Morgan fingerprint density at radius 2 is 1.48 bits per heavy atom. The van der Waals surface area contributed by atoms with E-state index in [1.807, 2.05) is 30.3 Å². The lowest BCUT2D eigenvalue weighted by Gasteiger charge is -2.43. The molecule has 0 radical (unpaired) electrons. The monoisotopic (exact) mass is 379 g/mol. The van der Waals surface area contributed by atoms with Gasteiger partial charge in [-0.05, 0) is 29.5 Å². The molecule has 1 aliphatic heterocycles. The van der Waals surface area contributed by atoms with Crippen LogP contribution < -0.4 is 0 Å². The number of benzene rings is 3. The number of hydrogen-bond donors (Lipinski definition) is 0. The van der Waals surface area contributed by atoms with Crippen molar-refractivity contribution < 1.29 is 4.79 Å². The quantitative estimate of drug-likeness (QED) is 0.554.